The molecule has 0 heterocycles. The number of sulfonamides is 1. The minimum absolute atomic E-state index is 0.120. The van der Waals surface area contributed by atoms with Gasteiger partial charge in [-0.3, -0.25) is 0 Å². The molecule has 7 heteroatoms. The van der Waals surface area contributed by atoms with Crippen LogP contribution < -0.4 is 10.1 Å². The summed E-state index contributed by atoms with van der Waals surface area (Å²) in [5.41, 5.74) is 0.734. The predicted octanol–water partition coefficient (Wildman–Crippen LogP) is 2.49. The molecule has 1 rings (SSSR count). The normalized spacial score (nSPS) is 11.9. The summed E-state index contributed by atoms with van der Waals surface area (Å²) in [6.07, 6.45) is 0. The molecular formula is C14H23ClN2O3S. The molecule has 0 radical (unpaired) electrons. The summed E-state index contributed by atoms with van der Waals surface area (Å²) in [6, 6.07) is 3.17. The van der Waals surface area contributed by atoms with Gasteiger partial charge >= 0.3 is 0 Å². The third kappa shape index (κ3) is 4.10. The van der Waals surface area contributed by atoms with Gasteiger partial charge in [0.05, 0.1) is 7.11 Å². The van der Waals surface area contributed by atoms with Crippen LogP contribution in [0.25, 0.3) is 0 Å². The first kappa shape index (κ1) is 18.2. The van der Waals surface area contributed by atoms with Gasteiger partial charge in [-0.1, -0.05) is 32.4 Å². The lowest BCUT2D eigenvalue weighted by Gasteiger charge is -2.21. The largest absolute Gasteiger partial charge is 0.495 e. The van der Waals surface area contributed by atoms with Gasteiger partial charge in [0.1, 0.15) is 10.6 Å². The Hall–Kier alpha value is -0.820. The van der Waals surface area contributed by atoms with E-state index in [1.807, 2.05) is 6.92 Å². The van der Waals surface area contributed by atoms with Crippen LogP contribution in [0.3, 0.4) is 0 Å². The highest BCUT2D eigenvalue weighted by Gasteiger charge is 2.27. The number of benzene rings is 1. The van der Waals surface area contributed by atoms with Crippen LogP contribution in [0.4, 0.5) is 0 Å². The van der Waals surface area contributed by atoms with Gasteiger partial charge in [-0.05, 0) is 18.7 Å². The molecule has 120 valence electrons. The van der Waals surface area contributed by atoms with E-state index in [0.717, 1.165) is 12.1 Å². The van der Waals surface area contributed by atoms with Gasteiger partial charge in [0.15, 0.2) is 0 Å². The van der Waals surface area contributed by atoms with Crippen LogP contribution in [0.1, 0.15) is 26.3 Å². The predicted molar refractivity (Wildman–Crippen MR) is 85.5 cm³/mol. The zero-order valence-electron chi connectivity index (χ0n) is 12.9. The molecule has 0 saturated heterocycles. The van der Waals surface area contributed by atoms with E-state index in [1.165, 1.54) is 17.5 Å². The quantitative estimate of drug-likeness (QED) is 0.793. The monoisotopic (exact) mass is 334 g/mol. The molecule has 0 unspecified atom stereocenters. The van der Waals surface area contributed by atoms with E-state index < -0.39 is 10.0 Å². The van der Waals surface area contributed by atoms with Crippen LogP contribution >= 0.6 is 11.6 Å². The van der Waals surface area contributed by atoms with E-state index in [9.17, 15) is 8.42 Å². The Morgan fingerprint density at radius 1 is 1.24 bits per heavy atom. The Bertz CT molecular complexity index is 572. The maximum atomic E-state index is 12.7. The second kappa shape index (κ2) is 7.98. The Labute approximate surface area is 132 Å². The second-order valence-corrected chi connectivity index (χ2v) is 6.81. The molecule has 21 heavy (non-hydrogen) atoms. The van der Waals surface area contributed by atoms with Crippen molar-refractivity contribution >= 4 is 21.6 Å². The number of rotatable bonds is 8. The Morgan fingerprint density at radius 3 is 2.33 bits per heavy atom. The fourth-order valence-corrected chi connectivity index (χ4v) is 4.13. The van der Waals surface area contributed by atoms with E-state index >= 15 is 0 Å². The molecule has 0 aliphatic heterocycles. The van der Waals surface area contributed by atoms with Crippen molar-refractivity contribution < 1.29 is 13.2 Å². The highest BCUT2D eigenvalue weighted by molar-refractivity contribution is 7.89. The van der Waals surface area contributed by atoms with Crippen molar-refractivity contribution in [2.75, 3.05) is 26.7 Å². The van der Waals surface area contributed by atoms with E-state index in [-0.39, 0.29) is 4.90 Å². The summed E-state index contributed by atoms with van der Waals surface area (Å²) in [5, 5.41) is 3.54. The topological polar surface area (TPSA) is 58.6 Å². The van der Waals surface area contributed by atoms with Crippen molar-refractivity contribution in [3.63, 3.8) is 0 Å². The summed E-state index contributed by atoms with van der Waals surface area (Å²) in [5.74, 6) is 0.354. The van der Waals surface area contributed by atoms with Crippen LogP contribution in [0.15, 0.2) is 17.0 Å². The summed E-state index contributed by atoms with van der Waals surface area (Å²) in [7, 11) is -2.15. The van der Waals surface area contributed by atoms with Crippen molar-refractivity contribution in [3.8, 4) is 5.75 Å². The van der Waals surface area contributed by atoms with Crippen LogP contribution in [0, 0.1) is 0 Å². The number of halogens is 1. The molecule has 0 aliphatic rings. The summed E-state index contributed by atoms with van der Waals surface area (Å²) in [4.78, 5) is 0.120. The lowest BCUT2D eigenvalue weighted by molar-refractivity contribution is 0.389. The first-order chi connectivity index (χ1) is 9.92. The smallest absolute Gasteiger partial charge is 0.246 e. The van der Waals surface area contributed by atoms with Crippen LogP contribution in [0.2, 0.25) is 5.02 Å². The standard InChI is InChI=1S/C14H23ClN2O3S/c1-5-16-10-11-8-12(15)9-13(14(11)20-4)21(18,19)17(6-2)7-3/h8-9,16H,5-7,10H2,1-4H3. The number of nitrogens with one attached hydrogen (secondary N) is 1. The number of ether oxygens (including phenoxy) is 1. The van der Waals surface area contributed by atoms with E-state index in [1.54, 1.807) is 19.9 Å². The van der Waals surface area contributed by atoms with Crippen LogP contribution in [0.5, 0.6) is 5.75 Å². The number of methoxy groups -OCH3 is 1. The number of hydrogen-bond donors (Lipinski definition) is 1. The molecule has 1 N–H and O–H groups in total. The number of hydrogen-bond acceptors (Lipinski definition) is 4. The Balaban J connectivity index is 3.44. The van der Waals surface area contributed by atoms with E-state index in [2.05, 4.69) is 5.32 Å². The molecule has 0 aliphatic carbocycles. The molecule has 0 aromatic heterocycles. The lowest BCUT2D eigenvalue weighted by Crippen LogP contribution is -2.31. The van der Waals surface area contributed by atoms with Gasteiger partial charge < -0.3 is 10.1 Å². The minimum Gasteiger partial charge on any atom is -0.495 e. The molecule has 0 saturated carbocycles. The fourth-order valence-electron chi connectivity index (χ4n) is 2.14. The first-order valence-electron chi connectivity index (χ1n) is 6.99. The molecule has 0 spiro atoms. The van der Waals surface area contributed by atoms with Gasteiger partial charge in [-0.2, -0.15) is 4.31 Å². The lowest BCUT2D eigenvalue weighted by atomic mass is 10.2. The summed E-state index contributed by atoms with van der Waals surface area (Å²) in [6.45, 7) is 7.66. The highest BCUT2D eigenvalue weighted by atomic mass is 35.5. The summed E-state index contributed by atoms with van der Waals surface area (Å²) >= 11 is 6.09. The van der Waals surface area contributed by atoms with E-state index in [0.29, 0.717) is 30.4 Å². The maximum Gasteiger partial charge on any atom is 0.246 e. The van der Waals surface area contributed by atoms with Crippen LogP contribution in [-0.4, -0.2) is 39.5 Å². The van der Waals surface area contributed by atoms with Crippen molar-refractivity contribution in [2.24, 2.45) is 0 Å². The molecule has 1 aromatic carbocycles. The molecule has 0 amide bonds. The van der Waals surface area contributed by atoms with Crippen molar-refractivity contribution in [2.45, 2.75) is 32.2 Å². The zero-order valence-corrected chi connectivity index (χ0v) is 14.5. The molecule has 0 bridgehead atoms. The van der Waals surface area contributed by atoms with E-state index in [4.69, 9.17) is 16.3 Å². The Morgan fingerprint density at radius 2 is 1.86 bits per heavy atom. The third-order valence-electron chi connectivity index (χ3n) is 3.19. The third-order valence-corrected chi connectivity index (χ3v) is 5.46. The molecule has 5 nitrogen and oxygen atoms in total. The molecule has 0 fully saturated rings. The minimum atomic E-state index is -3.62. The Kier molecular flexibility index (Phi) is 6.93. The molecule has 1 aromatic rings. The second-order valence-electron chi connectivity index (χ2n) is 4.47. The van der Waals surface area contributed by atoms with Crippen molar-refractivity contribution in [3.05, 3.63) is 22.7 Å². The van der Waals surface area contributed by atoms with Crippen molar-refractivity contribution in [1.82, 2.24) is 9.62 Å². The van der Waals surface area contributed by atoms with Gasteiger partial charge in [0.2, 0.25) is 10.0 Å². The average molecular weight is 335 g/mol. The molecule has 0 atom stereocenters. The fraction of sp³-hybridized carbons (Fsp3) is 0.571. The van der Waals surface area contributed by atoms with Crippen LogP contribution in [-0.2, 0) is 16.6 Å². The van der Waals surface area contributed by atoms with Gasteiger partial charge in [-0.25, -0.2) is 8.42 Å². The van der Waals surface area contributed by atoms with Gasteiger partial charge in [0.25, 0.3) is 0 Å². The van der Waals surface area contributed by atoms with Gasteiger partial charge in [0, 0.05) is 30.2 Å². The average Bonchev–Trinajstić information content (AvgIpc) is 2.45. The maximum absolute atomic E-state index is 12.7. The molecular weight excluding hydrogens is 312 g/mol. The summed E-state index contributed by atoms with van der Waals surface area (Å²) < 4.78 is 32.2. The number of nitrogens with zero attached hydrogens (tertiary/aromatic N) is 1. The zero-order chi connectivity index (χ0) is 16.0. The van der Waals surface area contributed by atoms with Gasteiger partial charge in [-0.15, -0.1) is 0 Å². The highest BCUT2D eigenvalue weighted by Crippen LogP contribution is 2.33. The SMILES string of the molecule is CCNCc1cc(Cl)cc(S(=O)(=O)N(CC)CC)c1OC. The first-order valence-corrected chi connectivity index (χ1v) is 8.81. The van der Waals surface area contributed by atoms with Crippen molar-refractivity contribution in [1.29, 1.82) is 0 Å².